The van der Waals surface area contributed by atoms with E-state index in [-0.39, 0.29) is 17.4 Å². The molecule has 0 radical (unpaired) electrons. The standard InChI is InChI=1S/C15H24N4O3/c1-2-22-8-4-6-16-15(21)12-5-3-7-19(11-12)13-9-14(20)18-17-10-13/h9-10,12H,2-8,11H2,1H3,(H,16,21)(H,18,20)/t12-/m1/s1. The van der Waals surface area contributed by atoms with E-state index in [0.717, 1.165) is 31.5 Å². The molecule has 0 aromatic carbocycles. The summed E-state index contributed by atoms with van der Waals surface area (Å²) in [5.74, 6) is 0.0409. The van der Waals surface area contributed by atoms with Gasteiger partial charge in [-0.1, -0.05) is 0 Å². The number of H-pyrrole nitrogens is 1. The van der Waals surface area contributed by atoms with E-state index in [4.69, 9.17) is 4.74 Å². The number of nitrogens with one attached hydrogen (secondary N) is 2. The first-order valence-corrected chi connectivity index (χ1v) is 7.86. The van der Waals surface area contributed by atoms with Crippen LogP contribution in [0, 0.1) is 5.92 Å². The molecule has 0 spiro atoms. The van der Waals surface area contributed by atoms with Crippen LogP contribution in [0.25, 0.3) is 0 Å². The number of carbonyl (C=O) groups excluding carboxylic acids is 1. The van der Waals surface area contributed by atoms with Crippen molar-refractivity contribution < 1.29 is 9.53 Å². The maximum Gasteiger partial charge on any atom is 0.266 e. The molecular formula is C15H24N4O3. The van der Waals surface area contributed by atoms with E-state index < -0.39 is 0 Å². The molecule has 1 fully saturated rings. The maximum absolute atomic E-state index is 12.2. The number of nitrogens with zero attached hydrogens (tertiary/aromatic N) is 2. The van der Waals surface area contributed by atoms with Gasteiger partial charge in [0.25, 0.3) is 5.56 Å². The largest absolute Gasteiger partial charge is 0.382 e. The molecule has 122 valence electrons. The first-order chi connectivity index (χ1) is 10.7. The maximum atomic E-state index is 12.2. The summed E-state index contributed by atoms with van der Waals surface area (Å²) in [4.78, 5) is 25.6. The van der Waals surface area contributed by atoms with E-state index in [0.29, 0.717) is 26.3 Å². The van der Waals surface area contributed by atoms with Gasteiger partial charge in [-0.05, 0) is 26.2 Å². The van der Waals surface area contributed by atoms with Crippen LogP contribution in [-0.4, -0.2) is 49.0 Å². The Morgan fingerprint density at radius 2 is 2.45 bits per heavy atom. The average Bonchev–Trinajstić information content (AvgIpc) is 2.54. The van der Waals surface area contributed by atoms with Gasteiger partial charge in [0, 0.05) is 38.9 Å². The fraction of sp³-hybridized carbons (Fsp3) is 0.667. The molecule has 2 heterocycles. The number of hydrogen-bond donors (Lipinski definition) is 2. The van der Waals surface area contributed by atoms with E-state index in [1.165, 1.54) is 6.07 Å². The Morgan fingerprint density at radius 3 is 3.23 bits per heavy atom. The fourth-order valence-electron chi connectivity index (χ4n) is 2.64. The molecular weight excluding hydrogens is 284 g/mol. The zero-order valence-electron chi connectivity index (χ0n) is 13.0. The summed E-state index contributed by atoms with van der Waals surface area (Å²) in [6, 6.07) is 1.52. The number of hydrogen-bond acceptors (Lipinski definition) is 5. The topological polar surface area (TPSA) is 87.3 Å². The summed E-state index contributed by atoms with van der Waals surface area (Å²) in [6.07, 6.45) is 4.27. The Bertz CT molecular complexity index is 532. The van der Waals surface area contributed by atoms with Crippen molar-refractivity contribution in [3.63, 3.8) is 0 Å². The number of carbonyl (C=O) groups is 1. The second kappa shape index (κ2) is 8.53. The molecule has 1 atom stereocenters. The SMILES string of the molecule is CCOCCCNC(=O)[C@@H]1CCCN(c2cn[nH]c(=O)c2)C1. The monoisotopic (exact) mass is 308 g/mol. The van der Waals surface area contributed by atoms with Crippen molar-refractivity contribution in [2.24, 2.45) is 5.92 Å². The molecule has 1 amide bonds. The van der Waals surface area contributed by atoms with Crippen LogP contribution in [0.4, 0.5) is 5.69 Å². The minimum Gasteiger partial charge on any atom is -0.382 e. The van der Waals surface area contributed by atoms with Crippen LogP contribution in [0.2, 0.25) is 0 Å². The van der Waals surface area contributed by atoms with Gasteiger partial charge in [0.05, 0.1) is 17.8 Å². The van der Waals surface area contributed by atoms with Crippen molar-refractivity contribution in [1.82, 2.24) is 15.5 Å². The van der Waals surface area contributed by atoms with Crippen molar-refractivity contribution in [2.75, 3.05) is 37.7 Å². The van der Waals surface area contributed by atoms with Gasteiger partial charge in [0.1, 0.15) is 0 Å². The Hall–Kier alpha value is -1.89. The zero-order valence-corrected chi connectivity index (χ0v) is 13.0. The van der Waals surface area contributed by atoms with Crippen LogP contribution in [0.15, 0.2) is 17.1 Å². The Morgan fingerprint density at radius 1 is 1.59 bits per heavy atom. The van der Waals surface area contributed by atoms with E-state index >= 15 is 0 Å². The smallest absolute Gasteiger partial charge is 0.266 e. The minimum atomic E-state index is -0.222. The lowest BCUT2D eigenvalue weighted by Crippen LogP contribution is -2.43. The van der Waals surface area contributed by atoms with Gasteiger partial charge in [-0.15, -0.1) is 0 Å². The summed E-state index contributed by atoms with van der Waals surface area (Å²) in [6.45, 7) is 5.45. The highest BCUT2D eigenvalue weighted by atomic mass is 16.5. The molecule has 1 aromatic heterocycles. The third-order valence-corrected chi connectivity index (χ3v) is 3.78. The molecule has 2 rings (SSSR count). The molecule has 22 heavy (non-hydrogen) atoms. The molecule has 0 aliphatic carbocycles. The van der Waals surface area contributed by atoms with Gasteiger partial charge >= 0.3 is 0 Å². The summed E-state index contributed by atoms with van der Waals surface area (Å²) in [5, 5.41) is 9.15. The summed E-state index contributed by atoms with van der Waals surface area (Å²) < 4.78 is 5.25. The number of ether oxygens (including phenoxy) is 1. The van der Waals surface area contributed by atoms with Gasteiger partial charge in [-0.25, -0.2) is 5.10 Å². The molecule has 7 heteroatoms. The van der Waals surface area contributed by atoms with Gasteiger partial charge in [-0.2, -0.15) is 5.10 Å². The molecule has 0 unspecified atom stereocenters. The van der Waals surface area contributed by atoms with E-state index in [1.54, 1.807) is 6.20 Å². The summed E-state index contributed by atoms with van der Waals surface area (Å²) in [5.41, 5.74) is 0.553. The molecule has 0 saturated carbocycles. The van der Waals surface area contributed by atoms with Gasteiger partial charge in [0.2, 0.25) is 5.91 Å². The van der Waals surface area contributed by atoms with Crippen LogP contribution in [0.3, 0.4) is 0 Å². The lowest BCUT2D eigenvalue weighted by Gasteiger charge is -2.33. The molecule has 1 aliphatic rings. The molecule has 0 bridgehead atoms. The fourth-order valence-corrected chi connectivity index (χ4v) is 2.64. The lowest BCUT2D eigenvalue weighted by atomic mass is 9.97. The molecule has 1 aromatic rings. The highest BCUT2D eigenvalue weighted by Gasteiger charge is 2.25. The molecule has 1 saturated heterocycles. The van der Waals surface area contributed by atoms with E-state index in [1.807, 2.05) is 6.92 Å². The minimum absolute atomic E-state index is 0.0415. The first kappa shape index (κ1) is 16.5. The van der Waals surface area contributed by atoms with Crippen molar-refractivity contribution in [2.45, 2.75) is 26.2 Å². The average molecular weight is 308 g/mol. The number of anilines is 1. The highest BCUT2D eigenvalue weighted by molar-refractivity contribution is 5.79. The molecule has 7 nitrogen and oxygen atoms in total. The normalized spacial score (nSPS) is 18.2. The molecule has 1 aliphatic heterocycles. The van der Waals surface area contributed by atoms with Gasteiger partial charge < -0.3 is 15.0 Å². The lowest BCUT2D eigenvalue weighted by molar-refractivity contribution is -0.125. The van der Waals surface area contributed by atoms with Crippen LogP contribution in [-0.2, 0) is 9.53 Å². The second-order valence-electron chi connectivity index (χ2n) is 5.43. The number of aromatic nitrogens is 2. The third kappa shape index (κ3) is 4.84. The van der Waals surface area contributed by atoms with E-state index in [9.17, 15) is 9.59 Å². The quantitative estimate of drug-likeness (QED) is 0.718. The zero-order chi connectivity index (χ0) is 15.8. The number of piperidine rings is 1. The van der Waals surface area contributed by atoms with Crippen LogP contribution in [0.5, 0.6) is 0 Å². The number of aromatic amines is 1. The summed E-state index contributed by atoms with van der Waals surface area (Å²) in [7, 11) is 0. The van der Waals surface area contributed by atoms with Gasteiger partial charge in [-0.3, -0.25) is 9.59 Å². The van der Waals surface area contributed by atoms with Crippen LogP contribution >= 0.6 is 0 Å². The third-order valence-electron chi connectivity index (χ3n) is 3.78. The van der Waals surface area contributed by atoms with Crippen molar-refractivity contribution in [3.8, 4) is 0 Å². The Labute approximate surface area is 130 Å². The number of amides is 1. The first-order valence-electron chi connectivity index (χ1n) is 7.86. The summed E-state index contributed by atoms with van der Waals surface area (Å²) >= 11 is 0. The van der Waals surface area contributed by atoms with Crippen molar-refractivity contribution in [3.05, 3.63) is 22.6 Å². The highest BCUT2D eigenvalue weighted by Crippen LogP contribution is 2.21. The van der Waals surface area contributed by atoms with Crippen LogP contribution < -0.4 is 15.8 Å². The van der Waals surface area contributed by atoms with Gasteiger partial charge in [0.15, 0.2) is 0 Å². The Kier molecular flexibility index (Phi) is 6.39. The van der Waals surface area contributed by atoms with Crippen molar-refractivity contribution >= 4 is 11.6 Å². The predicted octanol–water partition coefficient (Wildman–Crippen LogP) is 0.529. The number of rotatable bonds is 7. The van der Waals surface area contributed by atoms with Crippen LogP contribution in [0.1, 0.15) is 26.2 Å². The van der Waals surface area contributed by atoms with E-state index in [2.05, 4.69) is 20.4 Å². The Balaban J connectivity index is 1.82. The molecule has 2 N–H and O–H groups in total. The van der Waals surface area contributed by atoms with Crippen molar-refractivity contribution in [1.29, 1.82) is 0 Å². The predicted molar refractivity (Wildman–Crippen MR) is 83.9 cm³/mol. The second-order valence-corrected chi connectivity index (χ2v) is 5.43.